The van der Waals surface area contributed by atoms with Crippen LogP contribution in [-0.2, 0) is 11.8 Å². The van der Waals surface area contributed by atoms with Gasteiger partial charge in [0.05, 0.1) is 17.9 Å². The van der Waals surface area contributed by atoms with Crippen LogP contribution in [0.15, 0.2) is 24.8 Å². The number of carbonyl (C=O) groups is 1. The Kier molecular flexibility index (Phi) is 4.02. The summed E-state index contributed by atoms with van der Waals surface area (Å²) < 4.78 is 1.83. The molecule has 1 N–H and O–H groups in total. The summed E-state index contributed by atoms with van der Waals surface area (Å²) in [7, 11) is 1.89. The smallest absolute Gasteiger partial charge is 0.242 e. The molecule has 4 rings (SSSR count). The molecule has 3 heterocycles. The Labute approximate surface area is 141 Å². The number of hydrogen-bond acceptors (Lipinski definition) is 5. The largest absolute Gasteiger partial charge is 0.323 e. The van der Waals surface area contributed by atoms with Crippen LogP contribution in [0.1, 0.15) is 25.7 Å². The Morgan fingerprint density at radius 3 is 2.75 bits per heavy atom. The predicted octanol–water partition coefficient (Wildman–Crippen LogP) is 1.69. The van der Waals surface area contributed by atoms with Gasteiger partial charge in [0, 0.05) is 18.8 Å². The average molecular weight is 326 g/mol. The van der Waals surface area contributed by atoms with E-state index in [9.17, 15) is 4.79 Å². The first-order chi connectivity index (χ1) is 11.7. The molecule has 2 aromatic rings. The highest BCUT2D eigenvalue weighted by atomic mass is 16.2. The lowest BCUT2D eigenvalue weighted by molar-refractivity contribution is -0.121. The number of anilines is 1. The molecule has 1 saturated carbocycles. The van der Waals surface area contributed by atoms with E-state index in [2.05, 4.69) is 25.4 Å². The van der Waals surface area contributed by atoms with Gasteiger partial charge < -0.3 is 9.88 Å². The number of rotatable bonds is 5. The zero-order valence-corrected chi connectivity index (χ0v) is 13.9. The Balaban J connectivity index is 1.52. The third kappa shape index (κ3) is 3.03. The molecule has 1 aliphatic heterocycles. The van der Waals surface area contributed by atoms with Gasteiger partial charge in [0.1, 0.15) is 6.33 Å². The van der Waals surface area contributed by atoms with Crippen LogP contribution in [-0.4, -0.2) is 49.7 Å². The van der Waals surface area contributed by atoms with Crippen molar-refractivity contribution < 1.29 is 4.79 Å². The fraction of sp³-hybridized carbons (Fsp3) is 0.529. The quantitative estimate of drug-likeness (QED) is 0.905. The number of aryl methyl sites for hydroxylation is 1. The van der Waals surface area contributed by atoms with Crippen molar-refractivity contribution in [2.24, 2.45) is 13.0 Å². The molecule has 0 bridgehead atoms. The van der Waals surface area contributed by atoms with E-state index in [1.54, 1.807) is 18.7 Å². The van der Waals surface area contributed by atoms with Crippen LogP contribution < -0.4 is 5.32 Å². The van der Waals surface area contributed by atoms with E-state index in [0.29, 0.717) is 11.6 Å². The normalized spacial score (nSPS) is 19.4. The monoisotopic (exact) mass is 326 g/mol. The van der Waals surface area contributed by atoms with E-state index >= 15 is 0 Å². The molecule has 1 unspecified atom stereocenters. The minimum absolute atomic E-state index is 0.00554. The molecule has 24 heavy (non-hydrogen) atoms. The van der Waals surface area contributed by atoms with Crippen molar-refractivity contribution in [2.45, 2.75) is 31.7 Å². The number of aromatic nitrogens is 4. The number of hydrogen-bond donors (Lipinski definition) is 1. The van der Waals surface area contributed by atoms with Crippen molar-refractivity contribution in [1.82, 2.24) is 24.6 Å². The van der Waals surface area contributed by atoms with Gasteiger partial charge in [0.15, 0.2) is 5.82 Å². The van der Waals surface area contributed by atoms with Crippen molar-refractivity contribution in [3.8, 4) is 11.4 Å². The maximum absolute atomic E-state index is 12.8. The molecule has 2 aliphatic rings. The zero-order chi connectivity index (χ0) is 16.5. The van der Waals surface area contributed by atoms with Crippen LogP contribution in [0.25, 0.3) is 11.4 Å². The Bertz CT molecular complexity index is 732. The van der Waals surface area contributed by atoms with Gasteiger partial charge in [-0.25, -0.2) is 0 Å². The number of pyridine rings is 1. The van der Waals surface area contributed by atoms with E-state index < -0.39 is 0 Å². The molecule has 1 atom stereocenters. The second kappa shape index (κ2) is 6.32. The molecular weight excluding hydrogens is 304 g/mol. The van der Waals surface area contributed by atoms with Crippen LogP contribution in [0, 0.1) is 5.92 Å². The maximum Gasteiger partial charge on any atom is 0.242 e. The first-order valence-corrected chi connectivity index (χ1v) is 8.57. The molecule has 0 aromatic carbocycles. The molecule has 7 heteroatoms. The molecule has 7 nitrogen and oxygen atoms in total. The van der Waals surface area contributed by atoms with E-state index in [4.69, 9.17) is 0 Å². The molecule has 2 fully saturated rings. The van der Waals surface area contributed by atoms with Crippen LogP contribution in [0.4, 0.5) is 5.69 Å². The van der Waals surface area contributed by atoms with E-state index in [-0.39, 0.29) is 11.9 Å². The maximum atomic E-state index is 12.8. The van der Waals surface area contributed by atoms with Crippen molar-refractivity contribution in [2.75, 3.05) is 18.4 Å². The summed E-state index contributed by atoms with van der Waals surface area (Å²) in [6, 6.07) is 1.91. The van der Waals surface area contributed by atoms with Gasteiger partial charge >= 0.3 is 0 Å². The van der Waals surface area contributed by atoms with Crippen LogP contribution in [0.5, 0.6) is 0 Å². The molecule has 126 valence electrons. The number of nitrogens with one attached hydrogen (secondary N) is 1. The second-order valence-electron chi connectivity index (χ2n) is 6.74. The highest BCUT2D eigenvalue weighted by Crippen LogP contribution is 2.37. The van der Waals surface area contributed by atoms with Gasteiger partial charge in [-0.15, -0.1) is 10.2 Å². The van der Waals surface area contributed by atoms with Gasteiger partial charge in [0.2, 0.25) is 5.91 Å². The fourth-order valence-corrected chi connectivity index (χ4v) is 3.50. The summed E-state index contributed by atoms with van der Waals surface area (Å²) in [4.78, 5) is 19.4. The lowest BCUT2D eigenvalue weighted by Crippen LogP contribution is -2.44. The molecule has 1 saturated heterocycles. The van der Waals surface area contributed by atoms with Crippen molar-refractivity contribution in [1.29, 1.82) is 0 Å². The molecule has 0 spiro atoms. The topological polar surface area (TPSA) is 75.9 Å². The Morgan fingerprint density at radius 2 is 2.08 bits per heavy atom. The van der Waals surface area contributed by atoms with E-state index in [0.717, 1.165) is 37.3 Å². The predicted molar refractivity (Wildman–Crippen MR) is 90.2 cm³/mol. The number of carbonyl (C=O) groups excluding carboxylic acids is 1. The standard InChI is InChI=1S/C17H22N6O/c1-22-11-19-21-16(22)13-8-14(10-18-9-13)20-17(24)15(12-4-5-12)23-6-2-3-7-23/h8-12,15H,2-7H2,1H3,(H,20,24). The summed E-state index contributed by atoms with van der Waals surface area (Å²) in [6.45, 7) is 2.07. The third-order valence-electron chi connectivity index (χ3n) is 4.85. The highest BCUT2D eigenvalue weighted by Gasteiger charge is 2.40. The molecule has 2 aromatic heterocycles. The third-order valence-corrected chi connectivity index (χ3v) is 4.85. The van der Waals surface area contributed by atoms with Gasteiger partial charge in [-0.2, -0.15) is 0 Å². The summed E-state index contributed by atoms with van der Waals surface area (Å²) in [6.07, 6.45) is 9.78. The van der Waals surface area contributed by atoms with Gasteiger partial charge in [-0.1, -0.05) is 0 Å². The van der Waals surface area contributed by atoms with Crippen LogP contribution in [0.3, 0.4) is 0 Å². The summed E-state index contributed by atoms with van der Waals surface area (Å²) >= 11 is 0. The van der Waals surface area contributed by atoms with Gasteiger partial charge in [0.25, 0.3) is 0 Å². The average Bonchev–Trinajstić information content (AvgIpc) is 3.07. The van der Waals surface area contributed by atoms with Crippen molar-refractivity contribution >= 4 is 11.6 Å². The number of likely N-dealkylation sites (tertiary alicyclic amines) is 1. The molecular formula is C17H22N6O. The van der Waals surface area contributed by atoms with Crippen LogP contribution >= 0.6 is 0 Å². The first-order valence-electron chi connectivity index (χ1n) is 8.57. The molecule has 0 radical (unpaired) electrons. The van der Waals surface area contributed by atoms with Crippen LogP contribution in [0.2, 0.25) is 0 Å². The van der Waals surface area contributed by atoms with Gasteiger partial charge in [-0.05, 0) is 50.8 Å². The van der Waals surface area contributed by atoms with E-state index in [1.807, 2.05) is 17.7 Å². The first kappa shape index (κ1) is 15.3. The summed E-state index contributed by atoms with van der Waals surface area (Å²) in [5, 5.41) is 11.0. The van der Waals surface area contributed by atoms with Crippen molar-refractivity contribution in [3.63, 3.8) is 0 Å². The lowest BCUT2D eigenvalue weighted by Gasteiger charge is -2.26. The minimum Gasteiger partial charge on any atom is -0.323 e. The fourth-order valence-electron chi connectivity index (χ4n) is 3.50. The molecule has 1 aliphatic carbocycles. The Hall–Kier alpha value is -2.28. The van der Waals surface area contributed by atoms with E-state index in [1.165, 1.54) is 12.8 Å². The number of nitrogens with zero attached hydrogens (tertiary/aromatic N) is 5. The Morgan fingerprint density at radius 1 is 1.29 bits per heavy atom. The lowest BCUT2D eigenvalue weighted by atomic mass is 10.1. The van der Waals surface area contributed by atoms with Gasteiger partial charge in [-0.3, -0.25) is 14.7 Å². The minimum atomic E-state index is 0.00554. The number of amides is 1. The zero-order valence-electron chi connectivity index (χ0n) is 13.9. The summed E-state index contributed by atoms with van der Waals surface area (Å²) in [5.74, 6) is 1.34. The van der Waals surface area contributed by atoms with Crippen molar-refractivity contribution in [3.05, 3.63) is 24.8 Å². The second-order valence-corrected chi connectivity index (χ2v) is 6.74. The summed E-state index contributed by atoms with van der Waals surface area (Å²) in [5.41, 5.74) is 1.56. The highest BCUT2D eigenvalue weighted by molar-refractivity contribution is 5.95. The SMILES string of the molecule is Cn1cnnc1-c1cncc(NC(=O)C(C2CC2)N2CCCC2)c1. The molecule has 1 amide bonds.